The molecule has 2 aromatic rings. The van der Waals surface area contributed by atoms with Crippen LogP contribution in [0.4, 0.5) is 5.82 Å². The topological polar surface area (TPSA) is 113 Å². The number of ether oxygens (including phenoxy) is 1. The molecule has 1 atom stereocenters. The van der Waals surface area contributed by atoms with Gasteiger partial charge in [0.1, 0.15) is 0 Å². The molecule has 0 saturated carbocycles. The molecule has 0 bridgehead atoms. The maximum absolute atomic E-state index is 5.52. The normalized spacial score (nSPS) is 20.4. The van der Waals surface area contributed by atoms with E-state index in [4.69, 9.17) is 15.0 Å². The Balaban J connectivity index is 1.90. The van der Waals surface area contributed by atoms with Gasteiger partial charge in [0.2, 0.25) is 11.5 Å². The third-order valence-electron chi connectivity index (χ3n) is 2.45. The van der Waals surface area contributed by atoms with E-state index in [0.717, 1.165) is 13.0 Å². The van der Waals surface area contributed by atoms with Gasteiger partial charge in [-0.25, -0.2) is 4.63 Å². The van der Waals surface area contributed by atoms with Crippen molar-refractivity contribution < 1.29 is 13.9 Å². The van der Waals surface area contributed by atoms with Crippen LogP contribution in [0.3, 0.4) is 0 Å². The molecular weight excluding hydrogens is 214 g/mol. The van der Waals surface area contributed by atoms with Crippen LogP contribution in [0.1, 0.15) is 18.2 Å². The van der Waals surface area contributed by atoms with Crippen LogP contribution in [0.15, 0.2) is 9.15 Å². The van der Waals surface area contributed by atoms with Crippen LogP contribution < -0.4 is 5.73 Å². The van der Waals surface area contributed by atoms with Crippen molar-refractivity contribution in [2.75, 3.05) is 18.9 Å². The largest absolute Gasteiger partial charge is 0.381 e. The van der Waals surface area contributed by atoms with Crippen LogP contribution >= 0.6 is 0 Å². The first kappa shape index (κ1) is 9.28. The summed E-state index contributed by atoms with van der Waals surface area (Å²) in [5, 5.41) is 10.9. The number of nitrogens with two attached hydrogens (primary N) is 1. The van der Waals surface area contributed by atoms with Gasteiger partial charge in [0.15, 0.2) is 5.82 Å². The van der Waals surface area contributed by atoms with Gasteiger partial charge in [0, 0.05) is 12.5 Å². The summed E-state index contributed by atoms with van der Waals surface area (Å²) in [4.78, 5) is 4.20. The van der Waals surface area contributed by atoms with Crippen molar-refractivity contribution in [1.29, 1.82) is 0 Å². The van der Waals surface area contributed by atoms with Gasteiger partial charge >= 0.3 is 0 Å². The summed E-state index contributed by atoms with van der Waals surface area (Å²) in [6, 6.07) is 0. The molecule has 0 spiro atoms. The van der Waals surface area contributed by atoms with Crippen LogP contribution in [-0.4, -0.2) is 33.7 Å². The van der Waals surface area contributed by atoms with E-state index in [1.807, 2.05) is 0 Å². The molecule has 1 saturated heterocycles. The molecule has 3 heterocycles. The Morgan fingerprint density at radius 1 is 1.25 bits per heavy atom. The molecular formula is C8H9N5O3. The standard InChI is InChI=1S/C8H9N5O3/c9-6-5(11-16-12-6)8-10-7(13-15-8)4-1-2-14-3-4/h4H,1-3H2,(H2,9,12). The SMILES string of the molecule is Nc1nonc1-c1nc(C2CCOC2)no1. The summed E-state index contributed by atoms with van der Waals surface area (Å²) in [7, 11) is 0. The number of hydrogen-bond donors (Lipinski definition) is 1. The molecule has 0 aromatic carbocycles. The van der Waals surface area contributed by atoms with Crippen LogP contribution in [0, 0.1) is 0 Å². The van der Waals surface area contributed by atoms with E-state index in [1.54, 1.807) is 0 Å². The fourth-order valence-electron chi connectivity index (χ4n) is 1.58. The van der Waals surface area contributed by atoms with Crippen molar-refractivity contribution in [3.63, 3.8) is 0 Å². The number of hydrogen-bond acceptors (Lipinski definition) is 8. The highest BCUT2D eigenvalue weighted by Crippen LogP contribution is 2.26. The average molecular weight is 223 g/mol. The summed E-state index contributed by atoms with van der Waals surface area (Å²) in [6.07, 6.45) is 0.894. The Labute approximate surface area is 89.7 Å². The molecule has 1 fully saturated rings. The molecule has 1 aliphatic heterocycles. The first-order valence-electron chi connectivity index (χ1n) is 4.84. The predicted octanol–water partition coefficient (Wildman–Crippen LogP) is 0.206. The van der Waals surface area contributed by atoms with Crippen LogP contribution in [-0.2, 0) is 4.74 Å². The zero-order valence-electron chi connectivity index (χ0n) is 8.29. The number of aromatic nitrogens is 4. The average Bonchev–Trinajstić information content (AvgIpc) is 2.96. The fraction of sp³-hybridized carbons (Fsp3) is 0.500. The molecule has 0 radical (unpaired) electrons. The van der Waals surface area contributed by atoms with Gasteiger partial charge in [-0.2, -0.15) is 4.98 Å². The number of rotatable bonds is 2. The quantitative estimate of drug-likeness (QED) is 0.768. The van der Waals surface area contributed by atoms with E-state index in [9.17, 15) is 0 Å². The molecule has 0 amide bonds. The molecule has 0 aliphatic carbocycles. The fourth-order valence-corrected chi connectivity index (χ4v) is 1.58. The van der Waals surface area contributed by atoms with Gasteiger partial charge in [0.05, 0.1) is 6.61 Å². The van der Waals surface area contributed by atoms with Crippen molar-refractivity contribution in [2.45, 2.75) is 12.3 Å². The summed E-state index contributed by atoms with van der Waals surface area (Å²) in [5.41, 5.74) is 5.79. The van der Waals surface area contributed by atoms with E-state index < -0.39 is 0 Å². The number of nitrogen functional groups attached to an aromatic ring is 1. The lowest BCUT2D eigenvalue weighted by Gasteiger charge is -1.97. The number of nitrogens with zero attached hydrogens (tertiary/aromatic N) is 4. The van der Waals surface area contributed by atoms with Crippen LogP contribution in [0.5, 0.6) is 0 Å². The second-order valence-electron chi connectivity index (χ2n) is 3.52. The van der Waals surface area contributed by atoms with E-state index in [-0.39, 0.29) is 23.3 Å². The Hall–Kier alpha value is -1.96. The predicted molar refractivity (Wildman–Crippen MR) is 50.2 cm³/mol. The minimum atomic E-state index is 0.137. The van der Waals surface area contributed by atoms with Gasteiger partial charge in [-0.1, -0.05) is 5.16 Å². The third-order valence-corrected chi connectivity index (χ3v) is 2.45. The Morgan fingerprint density at radius 2 is 2.19 bits per heavy atom. The molecule has 8 nitrogen and oxygen atoms in total. The lowest BCUT2D eigenvalue weighted by molar-refractivity contribution is 0.192. The first-order chi connectivity index (χ1) is 7.84. The van der Waals surface area contributed by atoms with Crippen molar-refractivity contribution in [2.24, 2.45) is 0 Å². The van der Waals surface area contributed by atoms with E-state index in [0.29, 0.717) is 12.4 Å². The first-order valence-corrected chi connectivity index (χ1v) is 4.84. The molecule has 8 heteroatoms. The summed E-state index contributed by atoms with van der Waals surface area (Å²) >= 11 is 0. The smallest absolute Gasteiger partial charge is 0.284 e. The maximum Gasteiger partial charge on any atom is 0.284 e. The summed E-state index contributed by atoms with van der Waals surface area (Å²) < 4.78 is 14.7. The molecule has 84 valence electrons. The van der Waals surface area contributed by atoms with Gasteiger partial charge < -0.3 is 15.0 Å². The highest BCUT2D eigenvalue weighted by Gasteiger charge is 2.25. The third kappa shape index (κ3) is 1.43. The highest BCUT2D eigenvalue weighted by molar-refractivity contribution is 5.60. The van der Waals surface area contributed by atoms with Crippen molar-refractivity contribution in [1.82, 2.24) is 20.5 Å². The van der Waals surface area contributed by atoms with Gasteiger partial charge in [-0.05, 0) is 16.7 Å². The maximum atomic E-state index is 5.52. The second kappa shape index (κ2) is 3.56. The minimum absolute atomic E-state index is 0.137. The van der Waals surface area contributed by atoms with Gasteiger partial charge in [-0.15, -0.1) is 0 Å². The monoisotopic (exact) mass is 223 g/mol. The molecule has 1 unspecified atom stereocenters. The Kier molecular flexibility index (Phi) is 2.07. The van der Waals surface area contributed by atoms with Gasteiger partial charge in [0.25, 0.3) is 5.89 Å². The van der Waals surface area contributed by atoms with Crippen LogP contribution in [0.25, 0.3) is 11.6 Å². The van der Waals surface area contributed by atoms with Crippen molar-refractivity contribution in [3.8, 4) is 11.6 Å². The molecule has 1 aliphatic rings. The van der Waals surface area contributed by atoms with Crippen LogP contribution in [0.2, 0.25) is 0 Å². The van der Waals surface area contributed by atoms with Crippen molar-refractivity contribution in [3.05, 3.63) is 5.82 Å². The lowest BCUT2D eigenvalue weighted by atomic mass is 10.1. The van der Waals surface area contributed by atoms with E-state index in [1.165, 1.54) is 0 Å². The van der Waals surface area contributed by atoms with Crippen molar-refractivity contribution >= 4 is 5.82 Å². The zero-order valence-corrected chi connectivity index (χ0v) is 8.29. The zero-order chi connectivity index (χ0) is 11.0. The Bertz CT molecular complexity index is 487. The van der Waals surface area contributed by atoms with E-state index >= 15 is 0 Å². The molecule has 16 heavy (non-hydrogen) atoms. The second-order valence-corrected chi connectivity index (χ2v) is 3.52. The summed E-state index contributed by atoms with van der Waals surface area (Å²) in [6.45, 7) is 1.34. The molecule has 2 aromatic heterocycles. The summed E-state index contributed by atoms with van der Waals surface area (Å²) in [5.74, 6) is 1.15. The lowest BCUT2D eigenvalue weighted by Crippen LogP contribution is -1.99. The highest BCUT2D eigenvalue weighted by atomic mass is 16.6. The minimum Gasteiger partial charge on any atom is -0.381 e. The van der Waals surface area contributed by atoms with E-state index in [2.05, 4.69) is 25.1 Å². The molecule has 2 N–H and O–H groups in total. The number of anilines is 1. The Morgan fingerprint density at radius 3 is 2.88 bits per heavy atom. The molecule has 3 rings (SSSR count). The van der Waals surface area contributed by atoms with Gasteiger partial charge in [-0.3, -0.25) is 0 Å².